The monoisotopic (exact) mass is 417 g/mol. The first kappa shape index (κ1) is 20.5. The lowest BCUT2D eigenvalue weighted by atomic mass is 10.2. The number of amides is 2. The maximum atomic E-state index is 13.4. The number of anilines is 1. The van der Waals surface area contributed by atoms with Crippen LogP contribution in [0.25, 0.3) is 0 Å². The SMILES string of the molecule is COc1cc(OC)c(NC(=O)NCc2cccn2Cc2cccc(F)c2)cc1Cl. The van der Waals surface area contributed by atoms with Gasteiger partial charge < -0.3 is 24.7 Å². The molecular formula is C21H21ClFN3O3. The van der Waals surface area contributed by atoms with Crippen LogP contribution in [0.4, 0.5) is 14.9 Å². The second kappa shape index (κ2) is 9.34. The Balaban J connectivity index is 1.64. The zero-order valence-electron chi connectivity index (χ0n) is 16.0. The van der Waals surface area contributed by atoms with E-state index in [1.54, 1.807) is 18.2 Å². The molecule has 0 aliphatic carbocycles. The maximum Gasteiger partial charge on any atom is 0.319 e. The van der Waals surface area contributed by atoms with Gasteiger partial charge in [0.15, 0.2) is 0 Å². The molecule has 0 aliphatic heterocycles. The molecule has 3 rings (SSSR count). The van der Waals surface area contributed by atoms with Crippen LogP contribution < -0.4 is 20.1 Å². The van der Waals surface area contributed by atoms with E-state index in [1.807, 2.05) is 29.0 Å². The average molecular weight is 418 g/mol. The van der Waals surface area contributed by atoms with Crippen LogP contribution in [-0.4, -0.2) is 24.8 Å². The van der Waals surface area contributed by atoms with E-state index >= 15 is 0 Å². The van der Waals surface area contributed by atoms with Gasteiger partial charge in [0.05, 0.1) is 31.5 Å². The molecule has 8 heteroatoms. The Morgan fingerprint density at radius 2 is 1.90 bits per heavy atom. The molecule has 0 radical (unpaired) electrons. The van der Waals surface area contributed by atoms with E-state index in [4.69, 9.17) is 21.1 Å². The summed E-state index contributed by atoms with van der Waals surface area (Å²) in [5.41, 5.74) is 2.14. The smallest absolute Gasteiger partial charge is 0.319 e. The first-order valence-corrected chi connectivity index (χ1v) is 9.22. The zero-order chi connectivity index (χ0) is 20.8. The van der Waals surface area contributed by atoms with Gasteiger partial charge in [-0.25, -0.2) is 9.18 Å². The second-order valence-corrected chi connectivity index (χ2v) is 6.66. The van der Waals surface area contributed by atoms with E-state index in [-0.39, 0.29) is 5.82 Å². The molecule has 152 valence electrons. The van der Waals surface area contributed by atoms with Gasteiger partial charge in [-0.1, -0.05) is 23.7 Å². The third kappa shape index (κ3) is 5.20. The van der Waals surface area contributed by atoms with Crippen LogP contribution in [0, 0.1) is 5.82 Å². The summed E-state index contributed by atoms with van der Waals surface area (Å²) >= 11 is 6.13. The molecule has 0 atom stereocenters. The van der Waals surface area contributed by atoms with Gasteiger partial charge in [0, 0.05) is 24.5 Å². The molecule has 1 heterocycles. The molecule has 2 aromatic carbocycles. The van der Waals surface area contributed by atoms with Crippen LogP contribution in [0.3, 0.4) is 0 Å². The summed E-state index contributed by atoms with van der Waals surface area (Å²) in [5.74, 6) is 0.598. The van der Waals surface area contributed by atoms with Crippen molar-refractivity contribution in [1.82, 2.24) is 9.88 Å². The number of aromatic nitrogens is 1. The van der Waals surface area contributed by atoms with Crippen molar-refractivity contribution in [2.75, 3.05) is 19.5 Å². The summed E-state index contributed by atoms with van der Waals surface area (Å²) < 4.78 is 25.8. The fourth-order valence-corrected chi connectivity index (χ4v) is 3.13. The number of carbonyl (C=O) groups excluding carboxylic acids is 1. The highest BCUT2D eigenvalue weighted by atomic mass is 35.5. The average Bonchev–Trinajstić information content (AvgIpc) is 3.13. The van der Waals surface area contributed by atoms with Crippen LogP contribution in [0.2, 0.25) is 5.02 Å². The van der Waals surface area contributed by atoms with E-state index in [0.29, 0.717) is 35.3 Å². The maximum absolute atomic E-state index is 13.4. The molecule has 6 nitrogen and oxygen atoms in total. The molecular weight excluding hydrogens is 397 g/mol. The number of methoxy groups -OCH3 is 2. The summed E-state index contributed by atoms with van der Waals surface area (Å²) in [6, 6.07) is 12.9. The molecule has 2 N–H and O–H groups in total. The van der Waals surface area contributed by atoms with Gasteiger partial charge in [-0.3, -0.25) is 0 Å². The lowest BCUT2D eigenvalue weighted by molar-refractivity contribution is 0.251. The van der Waals surface area contributed by atoms with Crippen molar-refractivity contribution >= 4 is 23.3 Å². The first-order valence-electron chi connectivity index (χ1n) is 8.85. The first-order chi connectivity index (χ1) is 14.0. The predicted octanol–water partition coefficient (Wildman–Crippen LogP) is 4.67. The second-order valence-electron chi connectivity index (χ2n) is 6.25. The molecule has 0 aliphatic rings. The molecule has 2 amide bonds. The summed E-state index contributed by atoms with van der Waals surface area (Å²) in [4.78, 5) is 12.3. The zero-order valence-corrected chi connectivity index (χ0v) is 16.8. The Hall–Kier alpha value is -3.19. The minimum Gasteiger partial charge on any atom is -0.495 e. The summed E-state index contributed by atoms with van der Waals surface area (Å²) in [7, 11) is 2.99. The van der Waals surface area contributed by atoms with E-state index in [2.05, 4.69) is 10.6 Å². The molecule has 3 aromatic rings. The van der Waals surface area contributed by atoms with Gasteiger partial charge in [-0.05, 0) is 35.9 Å². The minimum atomic E-state index is -0.414. The number of nitrogens with zero attached hydrogens (tertiary/aromatic N) is 1. The number of benzene rings is 2. The molecule has 1 aromatic heterocycles. The van der Waals surface area contributed by atoms with E-state index in [1.165, 1.54) is 26.4 Å². The molecule has 0 fully saturated rings. The Morgan fingerprint density at radius 3 is 2.62 bits per heavy atom. The lowest BCUT2D eigenvalue weighted by Crippen LogP contribution is -2.29. The van der Waals surface area contributed by atoms with Crippen LogP contribution in [-0.2, 0) is 13.1 Å². The highest BCUT2D eigenvalue weighted by Crippen LogP contribution is 2.35. The van der Waals surface area contributed by atoms with Crippen molar-refractivity contribution in [1.29, 1.82) is 0 Å². The number of rotatable bonds is 7. The van der Waals surface area contributed by atoms with E-state index < -0.39 is 6.03 Å². The van der Waals surface area contributed by atoms with Crippen molar-refractivity contribution in [2.45, 2.75) is 13.1 Å². The van der Waals surface area contributed by atoms with Crippen molar-refractivity contribution in [3.8, 4) is 11.5 Å². The molecule has 29 heavy (non-hydrogen) atoms. The Bertz CT molecular complexity index is 1010. The summed E-state index contributed by atoms with van der Waals surface area (Å²) in [5, 5.41) is 5.87. The van der Waals surface area contributed by atoms with Crippen molar-refractivity contribution < 1.29 is 18.7 Å². The molecule has 0 bridgehead atoms. The van der Waals surface area contributed by atoms with E-state index in [9.17, 15) is 9.18 Å². The van der Waals surface area contributed by atoms with Crippen LogP contribution in [0.15, 0.2) is 54.7 Å². The number of hydrogen-bond donors (Lipinski definition) is 2. The van der Waals surface area contributed by atoms with Crippen molar-refractivity contribution in [2.24, 2.45) is 0 Å². The predicted molar refractivity (Wildman–Crippen MR) is 110 cm³/mol. The number of nitrogens with one attached hydrogen (secondary N) is 2. The van der Waals surface area contributed by atoms with Crippen LogP contribution in [0.5, 0.6) is 11.5 Å². The Labute approximate surface area is 173 Å². The largest absolute Gasteiger partial charge is 0.495 e. The van der Waals surface area contributed by atoms with Crippen LogP contribution in [0.1, 0.15) is 11.3 Å². The van der Waals surface area contributed by atoms with Gasteiger partial charge in [-0.15, -0.1) is 0 Å². The summed E-state index contributed by atoms with van der Waals surface area (Å²) in [6.45, 7) is 0.797. The highest BCUT2D eigenvalue weighted by Gasteiger charge is 2.13. The molecule has 0 saturated carbocycles. The fourth-order valence-electron chi connectivity index (χ4n) is 2.89. The summed E-state index contributed by atoms with van der Waals surface area (Å²) in [6.07, 6.45) is 1.88. The molecule has 0 spiro atoms. The van der Waals surface area contributed by atoms with Gasteiger partial charge in [0.1, 0.15) is 17.3 Å². The highest BCUT2D eigenvalue weighted by molar-refractivity contribution is 6.32. The van der Waals surface area contributed by atoms with Crippen molar-refractivity contribution in [3.05, 3.63) is 76.8 Å². The fraction of sp³-hybridized carbons (Fsp3) is 0.190. The lowest BCUT2D eigenvalue weighted by Gasteiger charge is -2.14. The minimum absolute atomic E-state index is 0.277. The standard InChI is InChI=1S/C21H21ClFN3O3/c1-28-19-11-20(29-2)18(10-17(19)22)25-21(27)24-12-16-7-4-8-26(16)13-14-5-3-6-15(23)9-14/h3-11H,12-13H2,1-2H3,(H2,24,25,27). The third-order valence-corrected chi connectivity index (χ3v) is 4.61. The third-order valence-electron chi connectivity index (χ3n) is 4.32. The van der Waals surface area contributed by atoms with Crippen molar-refractivity contribution in [3.63, 3.8) is 0 Å². The quantitative estimate of drug-likeness (QED) is 0.587. The van der Waals surface area contributed by atoms with Gasteiger partial charge in [0.25, 0.3) is 0 Å². The Kier molecular flexibility index (Phi) is 6.61. The molecule has 0 unspecified atom stereocenters. The van der Waals surface area contributed by atoms with Gasteiger partial charge >= 0.3 is 6.03 Å². The van der Waals surface area contributed by atoms with Gasteiger partial charge in [-0.2, -0.15) is 0 Å². The number of ether oxygens (including phenoxy) is 2. The van der Waals surface area contributed by atoms with Gasteiger partial charge in [0.2, 0.25) is 0 Å². The van der Waals surface area contributed by atoms with E-state index in [0.717, 1.165) is 11.3 Å². The molecule has 0 saturated heterocycles. The van der Waals surface area contributed by atoms with Crippen LogP contribution >= 0.6 is 11.6 Å². The Morgan fingerprint density at radius 1 is 1.10 bits per heavy atom. The number of urea groups is 1. The number of halogens is 2. The normalized spacial score (nSPS) is 10.5. The topological polar surface area (TPSA) is 64.5 Å². The number of carbonyl (C=O) groups is 1. The number of hydrogen-bond acceptors (Lipinski definition) is 3.